The normalized spacial score (nSPS) is 20.5. The number of aliphatic hydroxyl groups is 1. The van der Waals surface area contributed by atoms with Gasteiger partial charge in [0.25, 0.3) is 0 Å². The molecule has 22 heavy (non-hydrogen) atoms. The van der Waals surface area contributed by atoms with Crippen LogP contribution in [0.1, 0.15) is 47.5 Å². The Morgan fingerprint density at radius 1 is 1.23 bits per heavy atom. The molecular formula is C20H28O2. The van der Waals surface area contributed by atoms with Gasteiger partial charge in [-0.25, -0.2) is 0 Å². The topological polar surface area (TPSA) is 37.3 Å². The smallest absolute Gasteiger partial charge is 0.158 e. The molecule has 0 amide bonds. The Balaban J connectivity index is 2.88. The van der Waals surface area contributed by atoms with E-state index >= 15 is 0 Å². The number of rotatable bonds is 5. The minimum Gasteiger partial charge on any atom is -0.392 e. The van der Waals surface area contributed by atoms with Gasteiger partial charge in [0.05, 0.1) is 6.61 Å². The highest BCUT2D eigenvalue weighted by Gasteiger charge is 2.30. The van der Waals surface area contributed by atoms with Crippen molar-refractivity contribution in [2.24, 2.45) is 5.41 Å². The highest BCUT2D eigenvalue weighted by molar-refractivity contribution is 5.97. The summed E-state index contributed by atoms with van der Waals surface area (Å²) in [4.78, 5) is 11.9. The van der Waals surface area contributed by atoms with Crippen molar-refractivity contribution in [1.82, 2.24) is 0 Å². The third kappa shape index (κ3) is 5.27. The Hall–Kier alpha value is -1.67. The second-order valence-electron chi connectivity index (χ2n) is 6.58. The summed E-state index contributed by atoms with van der Waals surface area (Å²) >= 11 is 0. The average Bonchev–Trinajstić information content (AvgIpc) is 2.43. The molecule has 1 rings (SSSR count). The highest BCUT2D eigenvalue weighted by Crippen LogP contribution is 2.39. The monoisotopic (exact) mass is 300 g/mol. The fourth-order valence-electron chi connectivity index (χ4n) is 2.59. The molecule has 2 heteroatoms. The van der Waals surface area contributed by atoms with Crippen molar-refractivity contribution < 1.29 is 9.90 Å². The maximum absolute atomic E-state index is 11.9. The van der Waals surface area contributed by atoms with Crippen LogP contribution in [0.25, 0.3) is 0 Å². The fraction of sp³-hybridized carbons (Fsp3) is 0.450. The molecule has 2 nitrogen and oxygen atoms in total. The molecular weight excluding hydrogens is 272 g/mol. The standard InChI is InChI=1S/C20H28O2/c1-15(7-6-8-16(2)12-14-21)9-10-18-17(3)19(22)11-13-20(18,4)5/h6-10,12,21H,11,13-14H2,1-5H3. The molecule has 120 valence electrons. The zero-order valence-corrected chi connectivity index (χ0v) is 14.4. The van der Waals surface area contributed by atoms with E-state index in [0.29, 0.717) is 6.42 Å². The van der Waals surface area contributed by atoms with Gasteiger partial charge >= 0.3 is 0 Å². The van der Waals surface area contributed by atoms with Crippen molar-refractivity contribution in [3.05, 3.63) is 58.7 Å². The first-order valence-electron chi connectivity index (χ1n) is 7.83. The number of aliphatic hydroxyl groups excluding tert-OH is 1. The Kier molecular flexibility index (Phi) is 6.76. The Morgan fingerprint density at radius 3 is 2.55 bits per heavy atom. The second kappa shape index (κ2) is 8.09. The first kappa shape index (κ1) is 18.4. The quantitative estimate of drug-likeness (QED) is 0.748. The third-order valence-corrected chi connectivity index (χ3v) is 4.17. The predicted octanol–water partition coefficient (Wildman–Crippen LogP) is 4.69. The molecule has 0 aromatic carbocycles. The maximum atomic E-state index is 11.9. The van der Waals surface area contributed by atoms with Crippen LogP contribution in [0.2, 0.25) is 0 Å². The van der Waals surface area contributed by atoms with E-state index in [4.69, 9.17) is 5.11 Å². The average molecular weight is 300 g/mol. The molecule has 0 fully saturated rings. The van der Waals surface area contributed by atoms with Crippen molar-refractivity contribution in [3.63, 3.8) is 0 Å². The van der Waals surface area contributed by atoms with Crippen LogP contribution in [-0.4, -0.2) is 17.5 Å². The molecule has 1 aliphatic rings. The molecule has 0 heterocycles. The summed E-state index contributed by atoms with van der Waals surface area (Å²) in [5, 5.41) is 8.80. The summed E-state index contributed by atoms with van der Waals surface area (Å²) in [7, 11) is 0. The van der Waals surface area contributed by atoms with Crippen LogP contribution in [0.4, 0.5) is 0 Å². The molecule has 0 aliphatic heterocycles. The van der Waals surface area contributed by atoms with Gasteiger partial charge in [-0.1, -0.05) is 61.4 Å². The molecule has 0 aromatic rings. The lowest BCUT2D eigenvalue weighted by molar-refractivity contribution is -0.116. The largest absolute Gasteiger partial charge is 0.392 e. The Bertz CT molecular complexity index is 567. The van der Waals surface area contributed by atoms with Crippen LogP contribution in [0.15, 0.2) is 58.7 Å². The molecule has 1 N–H and O–H groups in total. The third-order valence-electron chi connectivity index (χ3n) is 4.17. The van der Waals surface area contributed by atoms with Gasteiger partial charge in [-0.2, -0.15) is 0 Å². The molecule has 0 spiro atoms. The van der Waals surface area contributed by atoms with Gasteiger partial charge in [-0.3, -0.25) is 4.79 Å². The minimum atomic E-state index is 0.0606. The van der Waals surface area contributed by atoms with Crippen LogP contribution in [0.3, 0.4) is 0 Å². The number of ketones is 1. The Labute approximate surface area is 134 Å². The Morgan fingerprint density at radius 2 is 1.91 bits per heavy atom. The summed E-state index contributed by atoms with van der Waals surface area (Å²) in [5.41, 5.74) is 4.27. The minimum absolute atomic E-state index is 0.0606. The SMILES string of the molecule is CC(C=CC1=C(C)C(=O)CCC1(C)C)=CC=CC(C)=CCO. The van der Waals surface area contributed by atoms with E-state index in [-0.39, 0.29) is 17.8 Å². The van der Waals surface area contributed by atoms with Crippen LogP contribution in [0, 0.1) is 5.41 Å². The molecule has 0 unspecified atom stereocenters. The lowest BCUT2D eigenvalue weighted by Crippen LogP contribution is -2.24. The van der Waals surface area contributed by atoms with Crippen LogP contribution >= 0.6 is 0 Å². The van der Waals surface area contributed by atoms with E-state index in [9.17, 15) is 4.79 Å². The predicted molar refractivity (Wildman–Crippen MR) is 93.6 cm³/mol. The van der Waals surface area contributed by atoms with Crippen molar-refractivity contribution in [2.75, 3.05) is 6.61 Å². The van der Waals surface area contributed by atoms with Crippen LogP contribution < -0.4 is 0 Å². The van der Waals surface area contributed by atoms with E-state index in [0.717, 1.165) is 28.7 Å². The van der Waals surface area contributed by atoms with Crippen LogP contribution in [-0.2, 0) is 4.79 Å². The van der Waals surface area contributed by atoms with Crippen molar-refractivity contribution in [1.29, 1.82) is 0 Å². The summed E-state index contributed by atoms with van der Waals surface area (Å²) in [5.74, 6) is 0.269. The zero-order valence-electron chi connectivity index (χ0n) is 14.4. The summed E-state index contributed by atoms with van der Waals surface area (Å²) in [6, 6.07) is 0. The van der Waals surface area contributed by atoms with E-state index < -0.39 is 0 Å². The van der Waals surface area contributed by atoms with E-state index in [1.807, 2.05) is 39.0 Å². The first-order chi connectivity index (χ1) is 10.3. The number of carbonyl (C=O) groups is 1. The molecule has 0 bridgehead atoms. The molecule has 0 atom stereocenters. The van der Waals surface area contributed by atoms with E-state index in [1.54, 1.807) is 6.08 Å². The lowest BCUT2D eigenvalue weighted by Gasteiger charge is -2.32. The van der Waals surface area contributed by atoms with E-state index in [1.165, 1.54) is 0 Å². The van der Waals surface area contributed by atoms with Gasteiger partial charge in [0.2, 0.25) is 0 Å². The fourth-order valence-corrected chi connectivity index (χ4v) is 2.59. The number of hydrogen-bond acceptors (Lipinski definition) is 2. The number of allylic oxidation sites excluding steroid dienone is 9. The summed E-state index contributed by atoms with van der Waals surface area (Å²) in [6.07, 6.45) is 13.4. The zero-order chi connectivity index (χ0) is 16.8. The van der Waals surface area contributed by atoms with Crippen molar-refractivity contribution >= 4 is 5.78 Å². The maximum Gasteiger partial charge on any atom is 0.158 e. The van der Waals surface area contributed by atoms with Gasteiger partial charge in [0.15, 0.2) is 5.78 Å². The van der Waals surface area contributed by atoms with Crippen LogP contribution in [0.5, 0.6) is 0 Å². The summed E-state index contributed by atoms with van der Waals surface area (Å²) < 4.78 is 0. The number of hydrogen-bond donors (Lipinski definition) is 1. The van der Waals surface area contributed by atoms with Gasteiger partial charge in [0.1, 0.15) is 0 Å². The molecule has 0 radical (unpaired) electrons. The van der Waals surface area contributed by atoms with Crippen molar-refractivity contribution in [3.8, 4) is 0 Å². The summed E-state index contributed by atoms with van der Waals surface area (Å²) in [6.45, 7) is 10.4. The lowest BCUT2D eigenvalue weighted by atomic mass is 9.72. The van der Waals surface area contributed by atoms with Gasteiger partial charge in [-0.15, -0.1) is 0 Å². The van der Waals surface area contributed by atoms with Gasteiger partial charge in [0, 0.05) is 6.42 Å². The van der Waals surface area contributed by atoms with Gasteiger partial charge < -0.3 is 5.11 Å². The van der Waals surface area contributed by atoms with Gasteiger partial charge in [-0.05, 0) is 43.8 Å². The molecule has 0 saturated carbocycles. The first-order valence-corrected chi connectivity index (χ1v) is 7.83. The molecule has 0 saturated heterocycles. The second-order valence-corrected chi connectivity index (χ2v) is 6.58. The number of carbonyl (C=O) groups excluding carboxylic acids is 1. The molecule has 0 aromatic heterocycles. The molecule has 1 aliphatic carbocycles. The highest BCUT2D eigenvalue weighted by atomic mass is 16.2. The van der Waals surface area contributed by atoms with E-state index in [2.05, 4.69) is 26.0 Å². The number of Topliss-reactive ketones (excluding diaryl/α,β-unsaturated/α-hetero) is 1. The van der Waals surface area contributed by atoms with Crippen molar-refractivity contribution in [2.45, 2.75) is 47.5 Å².